The number of benzene rings is 1. The normalized spacial score (nSPS) is 15.1. The molecule has 27 heavy (non-hydrogen) atoms. The average Bonchev–Trinajstić information content (AvgIpc) is 3.17. The van der Waals surface area contributed by atoms with Crippen LogP contribution in [0.1, 0.15) is 44.6 Å². The van der Waals surface area contributed by atoms with Crippen molar-refractivity contribution in [1.82, 2.24) is 14.9 Å². The number of hydrogen-bond acceptors (Lipinski definition) is 6. The molecule has 1 saturated heterocycles. The van der Waals surface area contributed by atoms with Gasteiger partial charge < -0.3 is 9.64 Å². The van der Waals surface area contributed by atoms with E-state index in [1.807, 2.05) is 23.1 Å². The highest BCUT2D eigenvalue weighted by Gasteiger charge is 2.27. The number of carbonyl (C=O) groups is 2. The van der Waals surface area contributed by atoms with E-state index < -0.39 is 5.97 Å². The van der Waals surface area contributed by atoms with Gasteiger partial charge in [-0.25, -0.2) is 9.78 Å². The molecule has 1 aromatic carbocycles. The number of amides is 1. The van der Waals surface area contributed by atoms with Crippen molar-refractivity contribution in [3.8, 4) is 0 Å². The maximum absolute atomic E-state index is 12.7. The molecule has 0 atom stereocenters. The number of aromatic nitrogens is 2. The van der Waals surface area contributed by atoms with Gasteiger partial charge in [-0.3, -0.25) is 9.78 Å². The van der Waals surface area contributed by atoms with Crippen LogP contribution in [-0.2, 0) is 4.74 Å². The van der Waals surface area contributed by atoms with Crippen molar-refractivity contribution in [1.29, 1.82) is 0 Å². The van der Waals surface area contributed by atoms with Gasteiger partial charge in [-0.05, 0) is 37.1 Å². The number of hydrogen-bond donors (Lipinski definition) is 0. The molecule has 1 fully saturated rings. The zero-order valence-corrected chi connectivity index (χ0v) is 15.7. The first-order valence-corrected chi connectivity index (χ1v) is 9.66. The second kappa shape index (κ2) is 7.44. The number of thiazole rings is 1. The molecular weight excluding hydrogens is 362 g/mol. The highest BCUT2D eigenvalue weighted by molar-refractivity contribution is 7.18. The maximum atomic E-state index is 12.7. The van der Waals surface area contributed by atoms with Gasteiger partial charge in [-0.2, -0.15) is 0 Å². The number of likely N-dealkylation sites (tertiary alicyclic amines) is 1. The number of nitrogens with zero attached hydrogens (tertiary/aromatic N) is 3. The largest absolute Gasteiger partial charge is 0.465 e. The van der Waals surface area contributed by atoms with Crippen LogP contribution >= 0.6 is 11.3 Å². The van der Waals surface area contributed by atoms with E-state index in [4.69, 9.17) is 4.98 Å². The summed E-state index contributed by atoms with van der Waals surface area (Å²) in [7, 11) is 1.32. The molecule has 0 spiro atoms. The molecule has 3 heterocycles. The molecular formula is C20H19N3O3S. The lowest BCUT2D eigenvalue weighted by Gasteiger charge is -2.30. The minimum absolute atomic E-state index is 0.103. The number of carbonyl (C=O) groups excluding carboxylic acids is 2. The first-order valence-electron chi connectivity index (χ1n) is 8.85. The highest BCUT2D eigenvalue weighted by atomic mass is 32.1. The van der Waals surface area contributed by atoms with E-state index in [1.165, 1.54) is 18.0 Å². The zero-order chi connectivity index (χ0) is 18.8. The predicted molar refractivity (Wildman–Crippen MR) is 103 cm³/mol. The number of para-hydroxylation sites is 1. The molecule has 6 nitrogen and oxygen atoms in total. The van der Waals surface area contributed by atoms with Gasteiger partial charge in [0.1, 0.15) is 5.69 Å². The van der Waals surface area contributed by atoms with Crippen LogP contribution in [0.15, 0.2) is 42.6 Å². The van der Waals surface area contributed by atoms with E-state index in [-0.39, 0.29) is 5.91 Å². The van der Waals surface area contributed by atoms with Crippen LogP contribution in [0.3, 0.4) is 0 Å². The summed E-state index contributed by atoms with van der Waals surface area (Å²) in [5.74, 6) is -0.173. The van der Waals surface area contributed by atoms with Gasteiger partial charge in [0.2, 0.25) is 0 Å². The van der Waals surface area contributed by atoms with Crippen molar-refractivity contribution in [3.63, 3.8) is 0 Å². The Kier molecular flexibility index (Phi) is 4.85. The molecule has 3 aromatic rings. The standard InChI is InChI=1S/C20H19N3O3S/c1-26-20(25)14-6-7-16(21-12-14)19(24)23-10-8-13(9-11-23)18-22-15-4-2-3-5-17(15)27-18/h2-7,12-13H,8-11H2,1H3. The summed E-state index contributed by atoms with van der Waals surface area (Å²) in [5.41, 5.74) is 1.73. The van der Waals surface area contributed by atoms with Crippen LogP contribution in [0, 0.1) is 0 Å². The smallest absolute Gasteiger partial charge is 0.339 e. The molecule has 0 saturated carbocycles. The minimum Gasteiger partial charge on any atom is -0.465 e. The SMILES string of the molecule is COC(=O)c1ccc(C(=O)N2CCC(c3nc4ccccc4s3)CC2)nc1. The summed E-state index contributed by atoms with van der Waals surface area (Å²) >= 11 is 1.75. The molecule has 1 amide bonds. The second-order valence-electron chi connectivity index (χ2n) is 6.51. The number of esters is 1. The summed E-state index contributed by atoms with van der Waals surface area (Å²) in [6.45, 7) is 1.36. The lowest BCUT2D eigenvalue weighted by atomic mass is 9.97. The monoisotopic (exact) mass is 381 g/mol. The van der Waals surface area contributed by atoms with Gasteiger partial charge >= 0.3 is 5.97 Å². The van der Waals surface area contributed by atoms with E-state index in [9.17, 15) is 9.59 Å². The highest BCUT2D eigenvalue weighted by Crippen LogP contribution is 2.34. The van der Waals surface area contributed by atoms with Gasteiger partial charge in [0, 0.05) is 25.2 Å². The van der Waals surface area contributed by atoms with Gasteiger partial charge in [0.25, 0.3) is 5.91 Å². The Morgan fingerprint density at radius 1 is 1.15 bits per heavy atom. The van der Waals surface area contributed by atoms with Crippen LogP contribution in [-0.4, -0.2) is 46.9 Å². The third-order valence-electron chi connectivity index (χ3n) is 4.85. The summed E-state index contributed by atoms with van der Waals surface area (Å²) < 4.78 is 5.86. The molecule has 0 radical (unpaired) electrons. The minimum atomic E-state index is -0.460. The lowest BCUT2D eigenvalue weighted by Crippen LogP contribution is -2.38. The fourth-order valence-corrected chi connectivity index (χ4v) is 4.45. The first-order chi connectivity index (χ1) is 13.2. The Morgan fingerprint density at radius 3 is 2.59 bits per heavy atom. The van der Waals surface area contributed by atoms with Crippen molar-refractivity contribution < 1.29 is 14.3 Å². The lowest BCUT2D eigenvalue weighted by molar-refractivity contribution is 0.0598. The summed E-state index contributed by atoms with van der Waals surface area (Å²) in [6.07, 6.45) is 3.17. The van der Waals surface area contributed by atoms with E-state index in [2.05, 4.69) is 15.8 Å². The Morgan fingerprint density at radius 2 is 1.93 bits per heavy atom. The maximum Gasteiger partial charge on any atom is 0.339 e. The van der Waals surface area contributed by atoms with Crippen molar-refractivity contribution in [2.24, 2.45) is 0 Å². The fraction of sp³-hybridized carbons (Fsp3) is 0.300. The first kappa shape index (κ1) is 17.6. The number of methoxy groups -OCH3 is 1. The second-order valence-corrected chi connectivity index (χ2v) is 7.57. The Balaban J connectivity index is 1.41. The number of pyridine rings is 1. The van der Waals surface area contributed by atoms with E-state index in [0.29, 0.717) is 30.3 Å². The number of rotatable bonds is 3. The third-order valence-corrected chi connectivity index (χ3v) is 6.04. The number of piperidine rings is 1. The molecule has 1 aliphatic rings. The van der Waals surface area contributed by atoms with Crippen molar-refractivity contribution in [3.05, 3.63) is 58.9 Å². The van der Waals surface area contributed by atoms with Gasteiger partial charge in [-0.15, -0.1) is 11.3 Å². The van der Waals surface area contributed by atoms with Crippen molar-refractivity contribution in [2.75, 3.05) is 20.2 Å². The van der Waals surface area contributed by atoms with E-state index in [0.717, 1.165) is 23.4 Å². The molecule has 0 aliphatic carbocycles. The van der Waals surface area contributed by atoms with E-state index in [1.54, 1.807) is 23.5 Å². The van der Waals surface area contributed by atoms with Crippen molar-refractivity contribution >= 4 is 33.4 Å². The molecule has 0 bridgehead atoms. The molecule has 138 valence electrons. The molecule has 0 N–H and O–H groups in total. The zero-order valence-electron chi connectivity index (χ0n) is 14.9. The molecule has 1 aliphatic heterocycles. The van der Waals surface area contributed by atoms with Crippen LogP contribution in [0.25, 0.3) is 10.2 Å². The number of ether oxygens (including phenoxy) is 1. The predicted octanol–water partition coefficient (Wildman–Crippen LogP) is 3.50. The summed E-state index contributed by atoms with van der Waals surface area (Å²) in [6, 6.07) is 11.3. The molecule has 0 unspecified atom stereocenters. The Hall–Kier alpha value is -2.80. The molecule has 2 aromatic heterocycles. The summed E-state index contributed by atoms with van der Waals surface area (Å²) in [4.78, 5) is 34.8. The quantitative estimate of drug-likeness (QED) is 0.649. The van der Waals surface area contributed by atoms with Gasteiger partial charge in [-0.1, -0.05) is 12.1 Å². The van der Waals surface area contributed by atoms with Crippen molar-refractivity contribution in [2.45, 2.75) is 18.8 Å². The molecule has 7 heteroatoms. The fourth-order valence-electron chi connectivity index (χ4n) is 3.32. The van der Waals surface area contributed by atoms with E-state index >= 15 is 0 Å². The number of fused-ring (bicyclic) bond motifs is 1. The molecule has 4 rings (SSSR count). The third kappa shape index (κ3) is 3.55. The average molecular weight is 381 g/mol. The Bertz CT molecular complexity index is 943. The van der Waals surface area contributed by atoms with Gasteiger partial charge in [0.05, 0.1) is 27.9 Å². The van der Waals surface area contributed by atoms with Crippen LogP contribution in [0.4, 0.5) is 0 Å². The topological polar surface area (TPSA) is 72.4 Å². The van der Waals surface area contributed by atoms with Crippen LogP contribution in [0.2, 0.25) is 0 Å². The van der Waals surface area contributed by atoms with Crippen LogP contribution < -0.4 is 0 Å². The van der Waals surface area contributed by atoms with Gasteiger partial charge in [0.15, 0.2) is 0 Å². The van der Waals surface area contributed by atoms with Crippen LogP contribution in [0.5, 0.6) is 0 Å². The summed E-state index contributed by atoms with van der Waals surface area (Å²) in [5, 5.41) is 1.16. The Labute approximate surface area is 160 Å².